The molecule has 0 spiro atoms. The third kappa shape index (κ3) is 1.57. The van der Waals surface area contributed by atoms with E-state index in [1.165, 1.54) is 0 Å². The molecule has 0 unspecified atom stereocenters. The van der Waals surface area contributed by atoms with E-state index >= 15 is 0 Å². The first kappa shape index (κ1) is 9.74. The Labute approximate surface area is 95.4 Å². The molecule has 0 amide bonds. The third-order valence-electron chi connectivity index (χ3n) is 2.01. The quantitative estimate of drug-likeness (QED) is 0.855. The summed E-state index contributed by atoms with van der Waals surface area (Å²) in [6.45, 7) is 0. The summed E-state index contributed by atoms with van der Waals surface area (Å²) >= 11 is 9.51. The first-order valence-corrected chi connectivity index (χ1v) is 5.32. The maximum atomic E-state index is 6.05. The smallest absolute Gasteiger partial charge is 0.126 e. The van der Waals surface area contributed by atoms with Crippen molar-refractivity contribution in [2.45, 2.75) is 0 Å². The van der Waals surface area contributed by atoms with E-state index in [0.29, 0.717) is 5.02 Å². The first-order chi connectivity index (χ1) is 6.72. The Morgan fingerprint density at radius 1 is 1.29 bits per heavy atom. The van der Waals surface area contributed by atoms with Gasteiger partial charge in [-0.2, -0.15) is 0 Å². The number of anilines is 1. The number of hydrogen-bond acceptors (Lipinski definition) is 2. The molecule has 72 valence electrons. The van der Waals surface area contributed by atoms with E-state index in [1.807, 2.05) is 31.3 Å². The molecule has 2 nitrogen and oxygen atoms in total. The SMILES string of the molecule is CNc1ccc2c(Br)ccc(Cl)c2n1. The Hall–Kier alpha value is -0.800. The van der Waals surface area contributed by atoms with Gasteiger partial charge in [-0.05, 0) is 24.3 Å². The van der Waals surface area contributed by atoms with Crippen LogP contribution in [0.15, 0.2) is 28.7 Å². The van der Waals surface area contributed by atoms with Crippen molar-refractivity contribution in [1.82, 2.24) is 4.98 Å². The number of benzene rings is 1. The number of halogens is 2. The van der Waals surface area contributed by atoms with Crippen molar-refractivity contribution in [3.63, 3.8) is 0 Å². The Balaban J connectivity index is 2.80. The Kier molecular flexibility index (Phi) is 2.61. The lowest BCUT2D eigenvalue weighted by Gasteiger charge is -2.04. The molecular weight excluding hydrogens is 263 g/mol. The molecule has 0 radical (unpaired) electrons. The molecule has 0 saturated carbocycles. The zero-order valence-corrected chi connectivity index (χ0v) is 9.85. The minimum atomic E-state index is 0.667. The number of hydrogen-bond donors (Lipinski definition) is 1. The van der Waals surface area contributed by atoms with Crippen molar-refractivity contribution in [1.29, 1.82) is 0 Å². The van der Waals surface area contributed by atoms with Gasteiger partial charge in [0.05, 0.1) is 10.5 Å². The van der Waals surface area contributed by atoms with Gasteiger partial charge in [0.2, 0.25) is 0 Å². The summed E-state index contributed by atoms with van der Waals surface area (Å²) in [7, 11) is 1.83. The molecule has 1 N–H and O–H groups in total. The highest BCUT2D eigenvalue weighted by atomic mass is 79.9. The molecule has 1 aromatic heterocycles. The Morgan fingerprint density at radius 3 is 2.79 bits per heavy atom. The number of fused-ring (bicyclic) bond motifs is 1. The molecular formula is C10H8BrClN2. The number of pyridine rings is 1. The molecule has 1 aromatic carbocycles. The van der Waals surface area contributed by atoms with E-state index in [2.05, 4.69) is 26.2 Å². The maximum Gasteiger partial charge on any atom is 0.126 e. The largest absolute Gasteiger partial charge is 0.373 e. The van der Waals surface area contributed by atoms with Gasteiger partial charge in [0.15, 0.2) is 0 Å². The van der Waals surface area contributed by atoms with Crippen LogP contribution in [0.25, 0.3) is 10.9 Å². The van der Waals surface area contributed by atoms with Crippen molar-refractivity contribution in [3.8, 4) is 0 Å². The van der Waals surface area contributed by atoms with Gasteiger partial charge in [-0.1, -0.05) is 27.5 Å². The molecule has 0 atom stereocenters. The van der Waals surface area contributed by atoms with Gasteiger partial charge < -0.3 is 5.32 Å². The molecule has 0 aliphatic rings. The van der Waals surface area contributed by atoms with Gasteiger partial charge in [-0.15, -0.1) is 0 Å². The number of aromatic nitrogens is 1. The summed E-state index contributed by atoms with van der Waals surface area (Å²) in [4.78, 5) is 4.38. The minimum absolute atomic E-state index is 0.667. The van der Waals surface area contributed by atoms with Crippen molar-refractivity contribution in [2.75, 3.05) is 12.4 Å². The highest BCUT2D eigenvalue weighted by molar-refractivity contribution is 9.10. The summed E-state index contributed by atoms with van der Waals surface area (Å²) in [6, 6.07) is 7.67. The normalized spacial score (nSPS) is 10.5. The molecule has 14 heavy (non-hydrogen) atoms. The molecule has 0 saturated heterocycles. The molecule has 2 rings (SSSR count). The van der Waals surface area contributed by atoms with E-state index in [-0.39, 0.29) is 0 Å². The predicted molar refractivity (Wildman–Crippen MR) is 64.0 cm³/mol. The van der Waals surface area contributed by atoms with Crippen LogP contribution in [0.2, 0.25) is 5.02 Å². The van der Waals surface area contributed by atoms with Crippen LogP contribution >= 0.6 is 27.5 Å². The molecule has 1 heterocycles. The van der Waals surface area contributed by atoms with Crippen LogP contribution in [0.1, 0.15) is 0 Å². The van der Waals surface area contributed by atoms with Gasteiger partial charge >= 0.3 is 0 Å². The summed E-state index contributed by atoms with van der Waals surface area (Å²) in [6.07, 6.45) is 0. The fourth-order valence-electron chi connectivity index (χ4n) is 1.29. The van der Waals surface area contributed by atoms with Crippen molar-refractivity contribution >= 4 is 44.3 Å². The monoisotopic (exact) mass is 270 g/mol. The Bertz CT molecular complexity index is 485. The molecule has 0 aliphatic carbocycles. The summed E-state index contributed by atoms with van der Waals surface area (Å²) in [5, 5.41) is 4.67. The first-order valence-electron chi connectivity index (χ1n) is 4.15. The second-order valence-corrected chi connectivity index (χ2v) is 4.13. The molecule has 0 fully saturated rings. The second kappa shape index (κ2) is 3.75. The van der Waals surface area contributed by atoms with Crippen molar-refractivity contribution < 1.29 is 0 Å². The van der Waals surface area contributed by atoms with Crippen LogP contribution in [0.4, 0.5) is 5.82 Å². The summed E-state index contributed by atoms with van der Waals surface area (Å²) in [5.74, 6) is 0.817. The van der Waals surface area contributed by atoms with Crippen LogP contribution in [0.5, 0.6) is 0 Å². The van der Waals surface area contributed by atoms with Crippen molar-refractivity contribution in [3.05, 3.63) is 33.8 Å². The molecule has 0 aliphatic heterocycles. The summed E-state index contributed by atoms with van der Waals surface area (Å²) in [5.41, 5.74) is 0.813. The van der Waals surface area contributed by atoms with Crippen LogP contribution in [-0.4, -0.2) is 12.0 Å². The van der Waals surface area contributed by atoms with Gasteiger partial charge in [-0.3, -0.25) is 0 Å². The van der Waals surface area contributed by atoms with E-state index in [9.17, 15) is 0 Å². The lowest BCUT2D eigenvalue weighted by Crippen LogP contribution is -1.92. The fraction of sp³-hybridized carbons (Fsp3) is 0.100. The van der Waals surface area contributed by atoms with E-state index < -0.39 is 0 Å². The number of nitrogens with zero attached hydrogens (tertiary/aromatic N) is 1. The lowest BCUT2D eigenvalue weighted by atomic mass is 10.2. The zero-order valence-electron chi connectivity index (χ0n) is 7.51. The fourth-order valence-corrected chi connectivity index (χ4v) is 1.95. The van der Waals surface area contributed by atoms with E-state index in [0.717, 1.165) is 21.2 Å². The van der Waals surface area contributed by atoms with Crippen LogP contribution < -0.4 is 5.32 Å². The molecule has 2 aromatic rings. The number of rotatable bonds is 1. The number of nitrogens with one attached hydrogen (secondary N) is 1. The summed E-state index contributed by atoms with van der Waals surface area (Å²) < 4.78 is 1.01. The zero-order chi connectivity index (χ0) is 10.1. The standard InChI is InChI=1S/C10H8BrClN2/c1-13-9-5-2-6-7(11)3-4-8(12)10(6)14-9/h2-5H,1H3,(H,13,14). The van der Waals surface area contributed by atoms with E-state index in [1.54, 1.807) is 0 Å². The highest BCUT2D eigenvalue weighted by Crippen LogP contribution is 2.29. The van der Waals surface area contributed by atoms with E-state index in [4.69, 9.17) is 11.6 Å². The van der Waals surface area contributed by atoms with Gasteiger partial charge in [0.1, 0.15) is 5.82 Å². The van der Waals surface area contributed by atoms with Crippen LogP contribution in [-0.2, 0) is 0 Å². The maximum absolute atomic E-state index is 6.05. The van der Waals surface area contributed by atoms with Crippen molar-refractivity contribution in [2.24, 2.45) is 0 Å². The average molecular weight is 272 g/mol. The van der Waals surface area contributed by atoms with Gasteiger partial charge in [0.25, 0.3) is 0 Å². The van der Waals surface area contributed by atoms with Gasteiger partial charge in [0, 0.05) is 16.9 Å². The molecule has 0 bridgehead atoms. The second-order valence-electron chi connectivity index (χ2n) is 2.87. The predicted octanol–water partition coefficient (Wildman–Crippen LogP) is 3.69. The Morgan fingerprint density at radius 2 is 2.07 bits per heavy atom. The average Bonchev–Trinajstić information content (AvgIpc) is 2.23. The third-order valence-corrected chi connectivity index (χ3v) is 3.01. The molecule has 4 heteroatoms. The topological polar surface area (TPSA) is 24.9 Å². The minimum Gasteiger partial charge on any atom is -0.373 e. The van der Waals surface area contributed by atoms with Crippen LogP contribution in [0, 0.1) is 0 Å². The highest BCUT2D eigenvalue weighted by Gasteiger charge is 2.04. The van der Waals surface area contributed by atoms with Crippen LogP contribution in [0.3, 0.4) is 0 Å². The van der Waals surface area contributed by atoms with Gasteiger partial charge in [-0.25, -0.2) is 4.98 Å². The lowest BCUT2D eigenvalue weighted by molar-refractivity contribution is 1.34.